The first kappa shape index (κ1) is 35.8. The maximum Gasteiger partial charge on any atom is 0.320 e. The maximum absolute atomic E-state index is 15.7. The number of halogens is 3. The SMILES string of the molecule is O=C(Nc1cccc(-c2cccc(C=C(F)c3cc4c(cn3)CN(C3COC3)CC4)c2Cl)c1Cl)c1cc(C2CC2)c(CN2CCCCC2C(=O)O)cn1. The topological polar surface area (TPSA) is 108 Å². The van der Waals surface area contributed by atoms with Crippen molar-refractivity contribution in [2.24, 2.45) is 0 Å². The number of fused-ring (bicyclic) bond motifs is 1. The van der Waals surface area contributed by atoms with Crippen molar-refractivity contribution in [1.29, 1.82) is 0 Å². The molecular weight excluding hydrogens is 716 g/mol. The van der Waals surface area contributed by atoms with Crippen LogP contribution in [0.1, 0.15) is 82.0 Å². The molecule has 2 N–H and O–H groups in total. The molecule has 4 aromatic rings. The predicted molar refractivity (Wildman–Crippen MR) is 204 cm³/mol. The van der Waals surface area contributed by atoms with Crippen LogP contribution in [0.25, 0.3) is 23.0 Å². The summed E-state index contributed by atoms with van der Waals surface area (Å²) in [6, 6.07) is 14.2. The van der Waals surface area contributed by atoms with E-state index in [1.165, 1.54) is 6.08 Å². The molecule has 3 aliphatic heterocycles. The fourth-order valence-corrected chi connectivity index (χ4v) is 8.21. The number of carboxylic acids is 1. The Kier molecular flexibility index (Phi) is 10.3. The van der Waals surface area contributed by atoms with Crippen molar-refractivity contribution in [3.05, 3.63) is 110 Å². The summed E-state index contributed by atoms with van der Waals surface area (Å²) < 4.78 is 21.1. The fourth-order valence-electron chi connectivity index (χ4n) is 7.65. The molecule has 1 aliphatic carbocycles. The molecule has 0 radical (unpaired) electrons. The molecule has 2 aromatic carbocycles. The zero-order valence-corrected chi connectivity index (χ0v) is 30.7. The number of aromatic nitrogens is 2. The van der Waals surface area contributed by atoms with Crippen LogP contribution < -0.4 is 5.32 Å². The lowest BCUT2D eigenvalue weighted by Gasteiger charge is -2.39. The lowest BCUT2D eigenvalue weighted by molar-refractivity contribution is -0.144. The van der Waals surface area contributed by atoms with E-state index in [1.54, 1.807) is 48.8 Å². The first-order chi connectivity index (χ1) is 25.7. The van der Waals surface area contributed by atoms with Gasteiger partial charge in [0.15, 0.2) is 0 Å². The Morgan fingerprint density at radius 1 is 0.943 bits per heavy atom. The number of aliphatic carboxylic acids is 1. The van der Waals surface area contributed by atoms with Crippen molar-refractivity contribution in [3.8, 4) is 11.1 Å². The normalized spacial score (nSPS) is 19.8. The minimum atomic E-state index is -0.799. The Hall–Kier alpha value is -4.19. The summed E-state index contributed by atoms with van der Waals surface area (Å²) in [6.45, 7) is 4.42. The predicted octanol–water partition coefficient (Wildman–Crippen LogP) is 8.24. The molecular formula is C41H40Cl2FN5O4. The molecule has 8 rings (SSSR count). The number of carbonyl (C=O) groups is 2. The number of hydrogen-bond donors (Lipinski definition) is 2. The number of carbonyl (C=O) groups excluding carboxylic acids is 1. The van der Waals surface area contributed by atoms with Crippen molar-refractivity contribution in [1.82, 2.24) is 19.8 Å². The number of nitrogens with zero attached hydrogens (tertiary/aromatic N) is 4. The van der Waals surface area contributed by atoms with Gasteiger partial charge in [-0.2, -0.15) is 0 Å². The highest BCUT2D eigenvalue weighted by Gasteiger charge is 2.33. The van der Waals surface area contributed by atoms with E-state index in [2.05, 4.69) is 20.2 Å². The zero-order chi connectivity index (χ0) is 36.6. The van der Waals surface area contributed by atoms with Gasteiger partial charge in [0.05, 0.1) is 40.7 Å². The molecule has 5 heterocycles. The average molecular weight is 757 g/mol. The monoisotopic (exact) mass is 755 g/mol. The van der Waals surface area contributed by atoms with Crippen LogP contribution in [0.5, 0.6) is 0 Å². The highest BCUT2D eigenvalue weighted by atomic mass is 35.5. The Morgan fingerprint density at radius 2 is 1.72 bits per heavy atom. The minimum Gasteiger partial charge on any atom is -0.480 e. The van der Waals surface area contributed by atoms with Gasteiger partial charge in [0, 0.05) is 43.2 Å². The van der Waals surface area contributed by atoms with Gasteiger partial charge in [0.25, 0.3) is 5.91 Å². The Balaban J connectivity index is 0.995. The number of benzene rings is 2. The van der Waals surface area contributed by atoms with Crippen LogP contribution in [0.4, 0.5) is 10.1 Å². The standard InChI is InChI=1S/C41H40Cl2FN5O4/c42-38-26(15-33(44)35-16-25-12-14-48(29-22-53-23-29)20-27(25)18-45-35)5-3-6-30(38)31-7-4-8-34(39(31)43)47-40(50)36-17-32(24-10-11-24)28(19-46-36)21-49-13-2-1-9-37(49)41(51)52/h3-8,15-19,24,29,37H,1-2,9-14,20-23H2,(H,47,50)(H,51,52). The molecule has 0 spiro atoms. The molecule has 53 heavy (non-hydrogen) atoms. The molecule has 1 unspecified atom stereocenters. The molecule has 3 fully saturated rings. The second kappa shape index (κ2) is 15.3. The van der Waals surface area contributed by atoms with E-state index < -0.39 is 23.7 Å². The number of amides is 1. The Labute approximate surface area is 317 Å². The van der Waals surface area contributed by atoms with Crippen LogP contribution in [0.15, 0.2) is 60.9 Å². The smallest absolute Gasteiger partial charge is 0.320 e. The average Bonchev–Trinajstić information content (AvgIpc) is 3.99. The maximum atomic E-state index is 15.7. The number of nitrogens with one attached hydrogen (secondary N) is 1. The van der Waals surface area contributed by atoms with Crippen molar-refractivity contribution in [3.63, 3.8) is 0 Å². The lowest BCUT2D eigenvalue weighted by Crippen LogP contribution is -2.50. The molecule has 0 bridgehead atoms. The van der Waals surface area contributed by atoms with Crippen LogP contribution >= 0.6 is 23.2 Å². The van der Waals surface area contributed by atoms with E-state index in [0.29, 0.717) is 52.3 Å². The van der Waals surface area contributed by atoms with Crippen LogP contribution in [0.2, 0.25) is 10.0 Å². The molecule has 1 amide bonds. The summed E-state index contributed by atoms with van der Waals surface area (Å²) in [5.41, 5.74) is 6.75. The van der Waals surface area contributed by atoms with Crippen LogP contribution in [0.3, 0.4) is 0 Å². The third-order valence-corrected chi connectivity index (χ3v) is 11.7. The van der Waals surface area contributed by atoms with Gasteiger partial charge in [-0.1, -0.05) is 60.0 Å². The fraction of sp³-hybridized carbons (Fsp3) is 0.366. The number of likely N-dealkylation sites (tertiary alicyclic amines) is 1. The van der Waals surface area contributed by atoms with Gasteiger partial charge >= 0.3 is 5.97 Å². The number of ether oxygens (including phenoxy) is 1. The van der Waals surface area contributed by atoms with Crippen molar-refractivity contribution < 1.29 is 23.8 Å². The summed E-state index contributed by atoms with van der Waals surface area (Å²) in [6.07, 6.45) is 10.2. The Bertz CT molecular complexity index is 2100. The first-order valence-corrected chi connectivity index (χ1v) is 19.0. The molecule has 1 atom stereocenters. The van der Waals surface area contributed by atoms with E-state index >= 15 is 4.39 Å². The van der Waals surface area contributed by atoms with Crippen molar-refractivity contribution in [2.45, 2.75) is 69.6 Å². The third-order valence-electron chi connectivity index (χ3n) is 10.9. The number of piperidine rings is 1. The van der Waals surface area contributed by atoms with E-state index in [0.717, 1.165) is 87.2 Å². The molecule has 9 nitrogen and oxygen atoms in total. The second-order valence-electron chi connectivity index (χ2n) is 14.4. The second-order valence-corrected chi connectivity index (χ2v) is 15.2. The zero-order valence-electron chi connectivity index (χ0n) is 29.2. The van der Waals surface area contributed by atoms with Crippen molar-refractivity contribution >= 4 is 52.7 Å². The summed E-state index contributed by atoms with van der Waals surface area (Å²) in [5, 5.41) is 13.3. The number of hydrogen-bond acceptors (Lipinski definition) is 7. The van der Waals surface area contributed by atoms with E-state index in [9.17, 15) is 14.7 Å². The van der Waals surface area contributed by atoms with Gasteiger partial charge in [0.2, 0.25) is 0 Å². The largest absolute Gasteiger partial charge is 0.480 e. The van der Waals surface area contributed by atoms with E-state index in [1.807, 2.05) is 17.0 Å². The third kappa shape index (κ3) is 7.61. The molecule has 2 saturated heterocycles. The molecule has 274 valence electrons. The van der Waals surface area contributed by atoms with Crippen LogP contribution in [-0.4, -0.2) is 75.1 Å². The summed E-state index contributed by atoms with van der Waals surface area (Å²) >= 11 is 13.8. The number of carboxylic acid groups (broad SMARTS) is 1. The quantitative estimate of drug-likeness (QED) is 0.167. The molecule has 4 aliphatic rings. The molecule has 2 aromatic heterocycles. The molecule has 1 saturated carbocycles. The van der Waals surface area contributed by atoms with Gasteiger partial charge in [-0.25, -0.2) is 4.39 Å². The van der Waals surface area contributed by atoms with Gasteiger partial charge in [-0.3, -0.25) is 29.4 Å². The summed E-state index contributed by atoms with van der Waals surface area (Å²) in [5.74, 6) is -1.37. The van der Waals surface area contributed by atoms with Crippen LogP contribution in [0, 0.1) is 0 Å². The molecule has 12 heteroatoms. The summed E-state index contributed by atoms with van der Waals surface area (Å²) in [7, 11) is 0. The first-order valence-electron chi connectivity index (χ1n) is 18.2. The van der Waals surface area contributed by atoms with Gasteiger partial charge < -0.3 is 15.2 Å². The Morgan fingerprint density at radius 3 is 2.47 bits per heavy atom. The summed E-state index contributed by atoms with van der Waals surface area (Å²) in [4.78, 5) is 38.8. The number of pyridine rings is 2. The lowest BCUT2D eigenvalue weighted by atomic mass is 9.98. The highest BCUT2D eigenvalue weighted by molar-refractivity contribution is 6.39. The van der Waals surface area contributed by atoms with Gasteiger partial charge in [-0.05, 0) is 96.7 Å². The van der Waals surface area contributed by atoms with Crippen LogP contribution in [-0.2, 0) is 29.0 Å². The van der Waals surface area contributed by atoms with E-state index in [-0.39, 0.29) is 16.4 Å². The van der Waals surface area contributed by atoms with E-state index in [4.69, 9.17) is 27.9 Å². The number of anilines is 1. The highest BCUT2D eigenvalue weighted by Crippen LogP contribution is 2.43. The minimum absolute atomic E-state index is 0.257. The van der Waals surface area contributed by atoms with Gasteiger partial charge in [-0.15, -0.1) is 0 Å². The van der Waals surface area contributed by atoms with Crippen molar-refractivity contribution in [2.75, 3.05) is 31.6 Å². The van der Waals surface area contributed by atoms with Gasteiger partial charge in [0.1, 0.15) is 17.6 Å². The number of rotatable bonds is 10.